The van der Waals surface area contributed by atoms with Crippen LogP contribution in [0.15, 0.2) is 42.6 Å². The van der Waals surface area contributed by atoms with E-state index in [-0.39, 0.29) is 6.03 Å². The number of carbonyl (C=O) groups is 1. The number of aromatic nitrogens is 1. The van der Waals surface area contributed by atoms with Crippen molar-refractivity contribution in [3.05, 3.63) is 48.3 Å². The average Bonchev–Trinajstić information content (AvgIpc) is 2.41. The van der Waals surface area contributed by atoms with E-state index in [1.54, 1.807) is 37.6 Å². The van der Waals surface area contributed by atoms with Crippen molar-refractivity contribution in [2.75, 3.05) is 17.7 Å². The van der Waals surface area contributed by atoms with Gasteiger partial charge in [-0.1, -0.05) is 6.07 Å². The highest BCUT2D eigenvalue weighted by molar-refractivity contribution is 6.00. The summed E-state index contributed by atoms with van der Waals surface area (Å²) in [6.45, 7) is 1.83. The Balaban J connectivity index is 2.03. The number of methoxy groups -OCH3 is 1. The number of aryl methyl sites for hydroxylation is 1. The number of amides is 2. The molecule has 2 N–H and O–H groups in total. The second-order valence-electron chi connectivity index (χ2n) is 3.95. The standard InChI is InChI=1S/C14H15N3O2/c1-10-13(7-4-8-15-10)17-14(18)16-11-5-3-6-12(9-11)19-2/h3-9H,1-2H3,(H2,16,17,18). The molecule has 2 amide bonds. The number of ether oxygens (including phenoxy) is 1. The number of rotatable bonds is 3. The Morgan fingerprint density at radius 3 is 2.79 bits per heavy atom. The molecule has 0 spiro atoms. The fourth-order valence-electron chi connectivity index (χ4n) is 1.60. The summed E-state index contributed by atoms with van der Waals surface area (Å²) in [7, 11) is 1.58. The molecular weight excluding hydrogens is 242 g/mol. The van der Waals surface area contributed by atoms with Gasteiger partial charge >= 0.3 is 6.03 Å². The fourth-order valence-corrected chi connectivity index (χ4v) is 1.60. The third-order valence-electron chi connectivity index (χ3n) is 2.58. The molecule has 2 aromatic rings. The number of hydrogen-bond donors (Lipinski definition) is 2. The summed E-state index contributed by atoms with van der Waals surface area (Å²) in [5, 5.41) is 5.48. The molecule has 0 bridgehead atoms. The molecule has 0 atom stereocenters. The minimum absolute atomic E-state index is 0.315. The molecule has 0 saturated carbocycles. The Morgan fingerprint density at radius 2 is 2.05 bits per heavy atom. The number of nitrogens with one attached hydrogen (secondary N) is 2. The smallest absolute Gasteiger partial charge is 0.323 e. The summed E-state index contributed by atoms with van der Waals surface area (Å²) in [5.74, 6) is 0.690. The quantitative estimate of drug-likeness (QED) is 0.888. The van der Waals surface area contributed by atoms with Gasteiger partial charge in [0.25, 0.3) is 0 Å². The zero-order valence-electron chi connectivity index (χ0n) is 10.8. The Labute approximate surface area is 111 Å². The van der Waals surface area contributed by atoms with Gasteiger partial charge in [0, 0.05) is 18.0 Å². The van der Waals surface area contributed by atoms with Gasteiger partial charge in [-0.15, -0.1) is 0 Å². The summed E-state index contributed by atoms with van der Waals surface area (Å²) in [6.07, 6.45) is 1.68. The van der Waals surface area contributed by atoms with E-state index >= 15 is 0 Å². The predicted octanol–water partition coefficient (Wildman–Crippen LogP) is 3.04. The fraction of sp³-hybridized carbons (Fsp3) is 0.143. The Morgan fingerprint density at radius 1 is 1.21 bits per heavy atom. The Bertz CT molecular complexity index is 584. The van der Waals surface area contributed by atoms with Crippen LogP contribution in [0.5, 0.6) is 5.75 Å². The van der Waals surface area contributed by atoms with Gasteiger partial charge in [0.05, 0.1) is 18.5 Å². The highest BCUT2D eigenvalue weighted by Gasteiger charge is 2.05. The molecule has 1 aromatic heterocycles. The lowest BCUT2D eigenvalue weighted by Gasteiger charge is -2.09. The molecule has 0 aliphatic heterocycles. The maximum absolute atomic E-state index is 11.8. The summed E-state index contributed by atoms with van der Waals surface area (Å²) < 4.78 is 5.09. The van der Waals surface area contributed by atoms with E-state index in [0.717, 1.165) is 5.69 Å². The lowest BCUT2D eigenvalue weighted by molar-refractivity contribution is 0.262. The van der Waals surface area contributed by atoms with E-state index in [1.807, 2.05) is 19.1 Å². The first-order valence-corrected chi connectivity index (χ1v) is 5.83. The monoisotopic (exact) mass is 257 g/mol. The molecule has 5 heteroatoms. The summed E-state index contributed by atoms with van der Waals surface area (Å²) in [4.78, 5) is 15.9. The van der Waals surface area contributed by atoms with Gasteiger partial charge in [0.15, 0.2) is 0 Å². The first-order valence-electron chi connectivity index (χ1n) is 5.83. The van der Waals surface area contributed by atoms with Crippen molar-refractivity contribution in [2.45, 2.75) is 6.92 Å². The van der Waals surface area contributed by atoms with Crippen molar-refractivity contribution in [1.29, 1.82) is 0 Å². The summed E-state index contributed by atoms with van der Waals surface area (Å²) in [6, 6.07) is 10.4. The van der Waals surface area contributed by atoms with Gasteiger partial charge in [-0.3, -0.25) is 4.98 Å². The minimum atomic E-state index is -0.315. The zero-order valence-corrected chi connectivity index (χ0v) is 10.8. The van der Waals surface area contributed by atoms with Crippen LogP contribution in [0.3, 0.4) is 0 Å². The lowest BCUT2D eigenvalue weighted by Crippen LogP contribution is -2.20. The topological polar surface area (TPSA) is 63.2 Å². The highest BCUT2D eigenvalue weighted by atomic mass is 16.5. The molecule has 1 aromatic carbocycles. The van der Waals surface area contributed by atoms with Crippen LogP contribution < -0.4 is 15.4 Å². The highest BCUT2D eigenvalue weighted by Crippen LogP contribution is 2.17. The number of anilines is 2. The Kier molecular flexibility index (Phi) is 3.97. The predicted molar refractivity (Wildman–Crippen MR) is 74.6 cm³/mol. The molecule has 1 heterocycles. The molecule has 0 fully saturated rings. The van der Waals surface area contributed by atoms with Crippen LogP contribution >= 0.6 is 0 Å². The molecule has 2 rings (SSSR count). The van der Waals surface area contributed by atoms with Crippen LogP contribution in [0.2, 0.25) is 0 Å². The molecule has 5 nitrogen and oxygen atoms in total. The number of benzene rings is 1. The van der Waals surface area contributed by atoms with E-state index in [1.165, 1.54) is 0 Å². The third kappa shape index (κ3) is 3.45. The van der Waals surface area contributed by atoms with Gasteiger partial charge in [0.2, 0.25) is 0 Å². The van der Waals surface area contributed by atoms with E-state index in [0.29, 0.717) is 17.1 Å². The average molecular weight is 257 g/mol. The minimum Gasteiger partial charge on any atom is -0.497 e. The van der Waals surface area contributed by atoms with Crippen LogP contribution in [0.1, 0.15) is 5.69 Å². The molecule has 0 radical (unpaired) electrons. The second kappa shape index (κ2) is 5.86. The van der Waals surface area contributed by atoms with Gasteiger partial charge < -0.3 is 15.4 Å². The number of urea groups is 1. The van der Waals surface area contributed by atoms with Crippen LogP contribution in [0, 0.1) is 6.92 Å². The molecule has 0 saturated heterocycles. The van der Waals surface area contributed by atoms with E-state index in [9.17, 15) is 4.79 Å². The Hall–Kier alpha value is -2.56. The zero-order chi connectivity index (χ0) is 13.7. The van der Waals surface area contributed by atoms with E-state index < -0.39 is 0 Å². The number of hydrogen-bond acceptors (Lipinski definition) is 3. The van der Waals surface area contributed by atoms with Crippen LogP contribution in [-0.4, -0.2) is 18.1 Å². The first-order chi connectivity index (χ1) is 9.19. The van der Waals surface area contributed by atoms with Gasteiger partial charge in [-0.2, -0.15) is 0 Å². The van der Waals surface area contributed by atoms with Crippen LogP contribution in [0.25, 0.3) is 0 Å². The molecular formula is C14H15N3O2. The SMILES string of the molecule is COc1cccc(NC(=O)Nc2cccnc2C)c1. The molecule has 0 aliphatic carbocycles. The third-order valence-corrected chi connectivity index (χ3v) is 2.58. The first kappa shape index (κ1) is 12.9. The number of pyridine rings is 1. The summed E-state index contributed by atoms with van der Waals surface area (Å²) in [5.41, 5.74) is 2.12. The lowest BCUT2D eigenvalue weighted by atomic mass is 10.3. The van der Waals surface area contributed by atoms with Gasteiger partial charge in [0.1, 0.15) is 5.75 Å². The summed E-state index contributed by atoms with van der Waals surface area (Å²) >= 11 is 0. The second-order valence-corrected chi connectivity index (χ2v) is 3.95. The maximum Gasteiger partial charge on any atom is 0.323 e. The van der Waals surface area contributed by atoms with Crippen molar-refractivity contribution < 1.29 is 9.53 Å². The van der Waals surface area contributed by atoms with Crippen molar-refractivity contribution in [2.24, 2.45) is 0 Å². The van der Waals surface area contributed by atoms with E-state index in [4.69, 9.17) is 4.74 Å². The van der Waals surface area contributed by atoms with Crippen molar-refractivity contribution in [1.82, 2.24) is 4.98 Å². The van der Waals surface area contributed by atoms with Crippen molar-refractivity contribution in [3.8, 4) is 5.75 Å². The van der Waals surface area contributed by atoms with Crippen molar-refractivity contribution in [3.63, 3.8) is 0 Å². The number of nitrogens with zero attached hydrogens (tertiary/aromatic N) is 1. The van der Waals surface area contributed by atoms with Crippen LogP contribution in [-0.2, 0) is 0 Å². The molecule has 0 aliphatic rings. The molecule has 0 unspecified atom stereocenters. The van der Waals surface area contributed by atoms with E-state index in [2.05, 4.69) is 15.6 Å². The van der Waals surface area contributed by atoms with Gasteiger partial charge in [-0.25, -0.2) is 4.79 Å². The van der Waals surface area contributed by atoms with Gasteiger partial charge in [-0.05, 0) is 31.2 Å². The number of carbonyl (C=O) groups excluding carboxylic acids is 1. The molecule has 19 heavy (non-hydrogen) atoms. The van der Waals surface area contributed by atoms with Crippen molar-refractivity contribution >= 4 is 17.4 Å². The largest absolute Gasteiger partial charge is 0.497 e. The molecule has 98 valence electrons. The maximum atomic E-state index is 11.8. The normalized spacial score (nSPS) is 9.79. The van der Waals surface area contributed by atoms with Crippen LogP contribution in [0.4, 0.5) is 16.2 Å².